The number of halogens is 1. The Balaban J connectivity index is 1.88. The van der Waals surface area contributed by atoms with Crippen LogP contribution in [0, 0.1) is 18.6 Å². The second-order valence-electron chi connectivity index (χ2n) is 5.16. The van der Waals surface area contributed by atoms with Crippen LogP contribution in [0.25, 0.3) is 5.69 Å². The third kappa shape index (κ3) is 3.05. The maximum atomic E-state index is 5.36. The highest BCUT2D eigenvalue weighted by molar-refractivity contribution is 9.10. The van der Waals surface area contributed by atoms with Crippen molar-refractivity contribution < 1.29 is 0 Å². The van der Waals surface area contributed by atoms with Crippen molar-refractivity contribution in [3.63, 3.8) is 0 Å². The summed E-state index contributed by atoms with van der Waals surface area (Å²) in [5.41, 5.74) is 3.19. The second-order valence-corrected chi connectivity index (χ2v) is 6.46. The van der Waals surface area contributed by atoms with E-state index in [4.69, 9.17) is 12.2 Å². The topological polar surface area (TPSA) is 51.4 Å². The Hall–Kier alpha value is -1.73. The SMILES string of the molecule is Cc1cc(C)n(CCc2n[nH]c(=S)n2-c2ccc(Br)cc2)n1. The first-order chi connectivity index (χ1) is 10.5. The molecule has 0 fully saturated rings. The zero-order valence-electron chi connectivity index (χ0n) is 12.4. The lowest BCUT2D eigenvalue weighted by Crippen LogP contribution is -2.09. The van der Waals surface area contributed by atoms with Gasteiger partial charge in [-0.05, 0) is 56.4 Å². The van der Waals surface area contributed by atoms with Gasteiger partial charge in [0.1, 0.15) is 5.82 Å². The zero-order valence-corrected chi connectivity index (χ0v) is 14.8. The van der Waals surface area contributed by atoms with Gasteiger partial charge in [-0.1, -0.05) is 15.9 Å². The highest BCUT2D eigenvalue weighted by atomic mass is 79.9. The van der Waals surface area contributed by atoms with Crippen molar-refractivity contribution in [2.75, 3.05) is 0 Å². The second kappa shape index (κ2) is 6.18. The maximum absolute atomic E-state index is 5.36. The molecule has 5 nitrogen and oxygen atoms in total. The molecule has 7 heteroatoms. The molecule has 0 saturated carbocycles. The number of aryl methyl sites for hydroxylation is 4. The molecule has 0 bridgehead atoms. The molecular weight excluding hydrogens is 362 g/mol. The summed E-state index contributed by atoms with van der Waals surface area (Å²) in [4.78, 5) is 0. The zero-order chi connectivity index (χ0) is 15.7. The summed E-state index contributed by atoms with van der Waals surface area (Å²) in [6, 6.07) is 10.1. The van der Waals surface area contributed by atoms with Crippen molar-refractivity contribution in [3.8, 4) is 5.69 Å². The lowest BCUT2D eigenvalue weighted by Gasteiger charge is -2.08. The third-order valence-electron chi connectivity index (χ3n) is 3.48. The van der Waals surface area contributed by atoms with E-state index in [-0.39, 0.29) is 0 Å². The van der Waals surface area contributed by atoms with Crippen molar-refractivity contribution in [1.29, 1.82) is 0 Å². The Morgan fingerprint density at radius 1 is 1.23 bits per heavy atom. The predicted octanol–water partition coefficient (Wildman–Crippen LogP) is 3.75. The predicted molar refractivity (Wildman–Crippen MR) is 91.9 cm³/mol. The van der Waals surface area contributed by atoms with E-state index in [0.717, 1.165) is 40.3 Å². The molecular formula is C15H16BrN5S. The van der Waals surface area contributed by atoms with Crippen LogP contribution in [0.15, 0.2) is 34.8 Å². The van der Waals surface area contributed by atoms with E-state index in [1.807, 2.05) is 40.4 Å². The molecule has 2 aromatic heterocycles. The van der Waals surface area contributed by atoms with Crippen molar-refractivity contribution in [3.05, 3.63) is 56.8 Å². The highest BCUT2D eigenvalue weighted by Gasteiger charge is 2.10. The van der Waals surface area contributed by atoms with Crippen molar-refractivity contribution in [1.82, 2.24) is 24.5 Å². The van der Waals surface area contributed by atoms with Crippen molar-refractivity contribution in [2.24, 2.45) is 0 Å². The number of H-pyrrole nitrogens is 1. The number of hydrogen-bond acceptors (Lipinski definition) is 3. The normalized spacial score (nSPS) is 11.0. The molecule has 0 aliphatic rings. The van der Waals surface area contributed by atoms with Gasteiger partial charge in [-0.15, -0.1) is 0 Å². The highest BCUT2D eigenvalue weighted by Crippen LogP contribution is 2.16. The maximum Gasteiger partial charge on any atom is 0.199 e. The number of rotatable bonds is 4. The van der Waals surface area contributed by atoms with E-state index in [1.54, 1.807) is 0 Å². The minimum atomic E-state index is 0.602. The number of aromatic nitrogens is 5. The number of nitrogens with zero attached hydrogens (tertiary/aromatic N) is 4. The molecule has 3 aromatic rings. The first-order valence-electron chi connectivity index (χ1n) is 6.98. The van der Waals surface area contributed by atoms with Crippen LogP contribution in [0.5, 0.6) is 0 Å². The summed E-state index contributed by atoms with van der Waals surface area (Å²) >= 11 is 8.81. The largest absolute Gasteiger partial charge is 0.272 e. The van der Waals surface area contributed by atoms with Crippen LogP contribution in [0.3, 0.4) is 0 Å². The molecule has 0 radical (unpaired) electrons. The summed E-state index contributed by atoms with van der Waals surface area (Å²) in [5.74, 6) is 0.903. The lowest BCUT2D eigenvalue weighted by molar-refractivity contribution is 0.577. The summed E-state index contributed by atoms with van der Waals surface area (Å²) in [5, 5.41) is 11.7. The minimum Gasteiger partial charge on any atom is -0.272 e. The van der Waals surface area contributed by atoms with Gasteiger partial charge in [0.15, 0.2) is 4.77 Å². The molecule has 3 rings (SSSR count). The van der Waals surface area contributed by atoms with Crippen LogP contribution in [0.2, 0.25) is 0 Å². The standard InChI is InChI=1S/C15H16BrN5S/c1-10-9-11(2)20(19-10)8-7-14-17-18-15(22)21(14)13-5-3-12(16)4-6-13/h3-6,9H,7-8H2,1-2H3,(H,18,22). The number of nitrogens with one attached hydrogen (secondary N) is 1. The van der Waals surface area contributed by atoms with E-state index in [2.05, 4.69) is 44.2 Å². The van der Waals surface area contributed by atoms with Crippen LogP contribution < -0.4 is 0 Å². The van der Waals surface area contributed by atoms with Gasteiger partial charge in [0.25, 0.3) is 0 Å². The Kier molecular flexibility index (Phi) is 4.26. The lowest BCUT2D eigenvalue weighted by atomic mass is 10.3. The fraction of sp³-hybridized carbons (Fsp3) is 0.267. The smallest absolute Gasteiger partial charge is 0.199 e. The molecule has 0 spiro atoms. The van der Waals surface area contributed by atoms with Gasteiger partial charge < -0.3 is 0 Å². The van der Waals surface area contributed by atoms with Gasteiger partial charge in [0.2, 0.25) is 0 Å². The van der Waals surface area contributed by atoms with Gasteiger partial charge in [-0.2, -0.15) is 10.2 Å². The number of benzene rings is 1. The minimum absolute atomic E-state index is 0.602. The number of hydrogen-bond donors (Lipinski definition) is 1. The fourth-order valence-corrected chi connectivity index (χ4v) is 2.98. The summed E-state index contributed by atoms with van der Waals surface area (Å²) in [7, 11) is 0. The molecule has 0 saturated heterocycles. The first kappa shape index (κ1) is 15.2. The third-order valence-corrected chi connectivity index (χ3v) is 4.28. The molecule has 1 N–H and O–H groups in total. The van der Waals surface area contributed by atoms with Gasteiger partial charge >= 0.3 is 0 Å². The molecule has 114 valence electrons. The van der Waals surface area contributed by atoms with E-state index >= 15 is 0 Å². The van der Waals surface area contributed by atoms with Crippen LogP contribution in [-0.2, 0) is 13.0 Å². The van der Waals surface area contributed by atoms with E-state index in [0.29, 0.717) is 4.77 Å². The van der Waals surface area contributed by atoms with Crippen LogP contribution >= 0.6 is 28.1 Å². The van der Waals surface area contributed by atoms with E-state index in [1.165, 1.54) is 0 Å². The molecule has 0 aliphatic carbocycles. The van der Waals surface area contributed by atoms with Crippen LogP contribution in [0.1, 0.15) is 17.2 Å². The summed E-state index contributed by atoms with van der Waals surface area (Å²) < 4.78 is 5.60. The molecule has 0 amide bonds. The fourth-order valence-electron chi connectivity index (χ4n) is 2.46. The first-order valence-corrected chi connectivity index (χ1v) is 8.18. The Labute approximate surface area is 142 Å². The van der Waals surface area contributed by atoms with Gasteiger partial charge in [-0.3, -0.25) is 14.3 Å². The van der Waals surface area contributed by atoms with Gasteiger partial charge in [0.05, 0.1) is 5.69 Å². The van der Waals surface area contributed by atoms with Crippen molar-refractivity contribution >= 4 is 28.1 Å². The molecule has 2 heterocycles. The van der Waals surface area contributed by atoms with Crippen molar-refractivity contribution in [2.45, 2.75) is 26.8 Å². The monoisotopic (exact) mass is 377 g/mol. The molecule has 0 atom stereocenters. The quantitative estimate of drug-likeness (QED) is 0.704. The number of aromatic amines is 1. The van der Waals surface area contributed by atoms with E-state index in [9.17, 15) is 0 Å². The van der Waals surface area contributed by atoms with E-state index < -0.39 is 0 Å². The molecule has 1 aromatic carbocycles. The molecule has 22 heavy (non-hydrogen) atoms. The van der Waals surface area contributed by atoms with Gasteiger partial charge in [0, 0.05) is 28.8 Å². The Morgan fingerprint density at radius 2 is 1.95 bits per heavy atom. The van der Waals surface area contributed by atoms with Crippen LogP contribution in [0.4, 0.5) is 0 Å². The molecule has 0 aliphatic heterocycles. The average molecular weight is 378 g/mol. The average Bonchev–Trinajstić information content (AvgIpc) is 3.00. The summed E-state index contributed by atoms with van der Waals surface area (Å²) in [6.45, 7) is 4.84. The van der Waals surface area contributed by atoms with Gasteiger partial charge in [-0.25, -0.2) is 0 Å². The Morgan fingerprint density at radius 3 is 2.59 bits per heavy atom. The Bertz CT molecular complexity index is 844. The summed E-state index contributed by atoms with van der Waals surface area (Å²) in [6.07, 6.45) is 0.755. The molecule has 0 unspecified atom stereocenters. The van der Waals surface area contributed by atoms with Crippen LogP contribution in [-0.4, -0.2) is 24.5 Å².